The van der Waals surface area contributed by atoms with Crippen LogP contribution < -0.4 is 4.90 Å². The van der Waals surface area contributed by atoms with Gasteiger partial charge in [-0.25, -0.2) is 25.3 Å². The number of carboxylic acid groups (broad SMARTS) is 1. The van der Waals surface area contributed by atoms with E-state index in [1.165, 1.54) is 24.3 Å². The first-order chi connectivity index (χ1) is 29.5. The van der Waals surface area contributed by atoms with Gasteiger partial charge >= 0.3 is 5.97 Å². The van der Waals surface area contributed by atoms with E-state index in [0.717, 1.165) is 29.0 Å². The zero-order chi connectivity index (χ0) is 46.4. The highest BCUT2D eigenvalue weighted by molar-refractivity contribution is 7.86. The van der Waals surface area contributed by atoms with E-state index >= 15 is 0 Å². The fraction of sp³-hybridized carbons (Fsp3) is 0.500. The predicted octanol–water partition coefficient (Wildman–Crippen LogP) is 6.72. The first-order valence-corrected chi connectivity index (χ1v) is 25.7. The van der Waals surface area contributed by atoms with Crippen LogP contribution in [0.1, 0.15) is 96.1 Å². The molecule has 63 heavy (non-hydrogen) atoms. The molecule has 2 aliphatic heterocycles. The Balaban J connectivity index is 1.58. The summed E-state index contributed by atoms with van der Waals surface area (Å²) in [5.74, 6) is -1.50. The number of likely N-dealkylation sites (N-methyl/N-ethyl adjacent to an activating group) is 1. The van der Waals surface area contributed by atoms with Crippen LogP contribution in [-0.4, -0.2) is 106 Å². The number of rotatable bonds is 22. The highest BCUT2D eigenvalue weighted by Crippen LogP contribution is 2.51. The molecule has 0 radical (unpaired) electrons. The molecule has 19 heteroatoms. The Labute approximate surface area is 376 Å². The van der Waals surface area contributed by atoms with E-state index in [4.69, 9.17) is 21.1 Å². The second kappa shape index (κ2) is 20.6. The van der Waals surface area contributed by atoms with Gasteiger partial charge in [0.1, 0.15) is 26.8 Å². The van der Waals surface area contributed by atoms with Crippen molar-refractivity contribution in [2.45, 2.75) is 106 Å². The number of halogens is 1. The molecule has 2 aromatic rings. The smallest absolute Gasteiger partial charge is 0.303 e. The fourth-order valence-corrected chi connectivity index (χ4v) is 10.7. The summed E-state index contributed by atoms with van der Waals surface area (Å²) in [6.07, 6.45) is 12.0. The molecule has 2 atom stereocenters. The quantitative estimate of drug-likeness (QED) is 0.0734. The molecule has 346 valence electrons. The van der Waals surface area contributed by atoms with Crippen LogP contribution >= 0.6 is 11.6 Å². The molecule has 3 aliphatic rings. The van der Waals surface area contributed by atoms with Gasteiger partial charge in [-0.15, -0.1) is 0 Å². The molecular weight excluding hydrogens is 896 g/mol. The minimum Gasteiger partial charge on any atom is -0.748 e. The van der Waals surface area contributed by atoms with Crippen molar-refractivity contribution < 1.29 is 62.9 Å². The normalized spacial score (nSPS) is 21.9. The molecule has 0 saturated heterocycles. The van der Waals surface area contributed by atoms with E-state index in [2.05, 4.69) is 4.58 Å². The number of ether oxygens (including phenoxy) is 2. The molecule has 15 nitrogen and oxygen atoms in total. The number of anilines is 1. The Hall–Kier alpha value is -3.72. The maximum atomic E-state index is 12.3. The zero-order valence-corrected chi connectivity index (χ0v) is 39.1. The van der Waals surface area contributed by atoms with Gasteiger partial charge in [0.15, 0.2) is 5.71 Å². The van der Waals surface area contributed by atoms with E-state index in [1.807, 2.05) is 50.0 Å². The van der Waals surface area contributed by atoms with Gasteiger partial charge in [-0.3, -0.25) is 4.79 Å². The average Bonchev–Trinajstić information content (AvgIpc) is 3.58. The van der Waals surface area contributed by atoms with Crippen LogP contribution in [-0.2, 0) is 55.5 Å². The van der Waals surface area contributed by atoms with Crippen LogP contribution in [0.25, 0.3) is 0 Å². The van der Waals surface area contributed by atoms with Crippen LogP contribution in [0.5, 0.6) is 0 Å². The van der Waals surface area contributed by atoms with Crippen molar-refractivity contribution in [2.75, 3.05) is 50.7 Å². The van der Waals surface area contributed by atoms with E-state index in [9.17, 15) is 48.8 Å². The molecule has 5 rings (SSSR count). The molecule has 1 aliphatic carbocycles. The first-order valence-electron chi connectivity index (χ1n) is 20.9. The van der Waals surface area contributed by atoms with E-state index in [1.54, 1.807) is 19.2 Å². The summed E-state index contributed by atoms with van der Waals surface area (Å²) in [5, 5.41) is 9.70. The van der Waals surface area contributed by atoms with Crippen LogP contribution in [0.15, 0.2) is 92.4 Å². The Morgan fingerprint density at radius 1 is 0.857 bits per heavy atom. The maximum absolute atomic E-state index is 12.3. The summed E-state index contributed by atoms with van der Waals surface area (Å²) in [6.45, 7) is 7.67. The van der Waals surface area contributed by atoms with Crippen molar-refractivity contribution >= 4 is 65.0 Å². The number of methoxy groups -OCH3 is 1. The number of unbranched alkanes of at least 4 members (excludes halogenated alkanes) is 2. The number of carboxylic acids is 1. The Kier molecular flexibility index (Phi) is 16.5. The number of aliphatic carboxylic acids is 1. The van der Waals surface area contributed by atoms with Gasteiger partial charge in [0, 0.05) is 78.4 Å². The number of nitrogens with zero attached hydrogens (tertiary/aromatic N) is 2. The van der Waals surface area contributed by atoms with Gasteiger partial charge in [0.25, 0.3) is 0 Å². The van der Waals surface area contributed by atoms with Crippen LogP contribution in [0, 0.1) is 0 Å². The highest BCUT2D eigenvalue weighted by Gasteiger charge is 2.48. The molecule has 0 amide bonds. The second-order valence-electron chi connectivity index (χ2n) is 16.4. The van der Waals surface area contributed by atoms with Crippen molar-refractivity contribution in [1.29, 1.82) is 0 Å². The molecule has 0 spiro atoms. The van der Waals surface area contributed by atoms with Crippen molar-refractivity contribution in [3.05, 3.63) is 93.7 Å². The Bertz CT molecular complexity index is 2570. The summed E-state index contributed by atoms with van der Waals surface area (Å²) < 4.78 is 121. The summed E-state index contributed by atoms with van der Waals surface area (Å²) in [6, 6.07) is 8.51. The lowest BCUT2D eigenvalue weighted by molar-refractivity contribution is -0.438. The van der Waals surface area contributed by atoms with Crippen molar-refractivity contribution in [3.8, 4) is 0 Å². The van der Waals surface area contributed by atoms with Gasteiger partial charge in [-0.05, 0) is 125 Å². The monoisotopic (exact) mass is 950 g/mol. The molecule has 2 heterocycles. The van der Waals surface area contributed by atoms with Crippen LogP contribution in [0.4, 0.5) is 11.4 Å². The largest absolute Gasteiger partial charge is 0.748 e. The molecule has 0 aromatic heterocycles. The molecule has 1 N–H and O–H groups in total. The number of benzene rings is 2. The topological polar surface area (TPSA) is 234 Å². The lowest BCUT2D eigenvalue weighted by Crippen LogP contribution is -2.33. The van der Waals surface area contributed by atoms with Crippen molar-refractivity contribution in [3.63, 3.8) is 0 Å². The molecule has 2 aromatic carbocycles. The van der Waals surface area contributed by atoms with Gasteiger partial charge in [-0.2, -0.15) is 4.58 Å². The van der Waals surface area contributed by atoms with E-state index < -0.39 is 57.8 Å². The lowest BCUT2D eigenvalue weighted by Gasteiger charge is -2.30. The Morgan fingerprint density at radius 2 is 1.54 bits per heavy atom. The first kappa shape index (κ1) is 50.3. The average molecular weight is 952 g/mol. The van der Waals surface area contributed by atoms with Crippen molar-refractivity contribution in [1.82, 2.24) is 0 Å². The number of carbonyl (C=O) groups is 1. The third kappa shape index (κ3) is 12.0. The number of hydrogen-bond donors (Lipinski definition) is 1. The maximum Gasteiger partial charge on any atom is 0.303 e. The summed E-state index contributed by atoms with van der Waals surface area (Å²) >= 11 is 7.21. The third-order valence-electron chi connectivity index (χ3n) is 12.2. The lowest BCUT2D eigenvalue weighted by atomic mass is 9.76. The van der Waals surface area contributed by atoms with Crippen LogP contribution in [0.2, 0.25) is 0 Å². The summed E-state index contributed by atoms with van der Waals surface area (Å²) in [4.78, 5) is 12.4. The number of allylic oxidation sites excluding steroid dienone is 8. The highest BCUT2D eigenvalue weighted by atomic mass is 35.5. The number of hydrogen-bond acceptors (Lipinski definition) is 13. The van der Waals surface area contributed by atoms with Gasteiger partial charge < -0.3 is 33.1 Å². The molecular formula is C44H55ClN2O13S3-2. The van der Waals surface area contributed by atoms with Crippen molar-refractivity contribution in [2.24, 2.45) is 0 Å². The fourth-order valence-electron chi connectivity index (χ4n) is 8.90. The summed E-state index contributed by atoms with van der Waals surface area (Å²) in [7, 11) is -12.6. The minimum atomic E-state index is -4.81. The van der Waals surface area contributed by atoms with Gasteiger partial charge in [0.05, 0.1) is 38.5 Å². The molecule has 0 bridgehead atoms. The minimum absolute atomic E-state index is 0.00847. The van der Waals surface area contributed by atoms with E-state index in [-0.39, 0.29) is 24.2 Å². The Morgan fingerprint density at radius 3 is 2.17 bits per heavy atom. The predicted molar refractivity (Wildman–Crippen MR) is 236 cm³/mol. The standard InChI is InChI=1S/C44H57ClN2O13S3/c1-5-46-37-18-16-33(62(53,54)55)29-35(37)43(2,22-10-28-61(50,51)52)39(46)20-14-31-11-9-12-32(42(31)45)15-21-40-44(3,23-25-60-27-26-59-4)36-30-34(63(56,57)58)17-19-38(36)47(40)24-8-6-7-13-41(48)49/h14-21,29-30H,5-13,22-28H2,1-4H3,(H3-,48,49,50,51,52,53,54,55,56,57,58)/p-2. The van der Waals surface area contributed by atoms with Crippen LogP contribution in [0.3, 0.4) is 0 Å². The zero-order valence-electron chi connectivity index (χ0n) is 35.9. The second-order valence-corrected chi connectivity index (χ2v) is 21.1. The summed E-state index contributed by atoms with van der Waals surface area (Å²) in [5.41, 5.74) is 3.92. The van der Waals surface area contributed by atoms with Gasteiger partial charge in [-0.1, -0.05) is 23.8 Å². The number of fused-ring (bicyclic) bond motifs is 2. The molecule has 2 unspecified atom stereocenters. The third-order valence-corrected chi connectivity index (χ3v) is 15.1. The SMILES string of the molecule is CCN1/C(=C/C=C2\CCCC(/C=C/C3=[N+](CCCCCC(=O)O)c4ccc(S(=O)(=O)[O-])cc4C3(C)CCOCCOC)=C2Cl)C(C)(CCCS(=O)(=O)[O-])c2cc(S(=O)(=O)[O-])ccc21. The van der Waals surface area contributed by atoms with Gasteiger partial charge in [0.2, 0.25) is 5.69 Å². The van der Waals surface area contributed by atoms with E-state index in [0.29, 0.717) is 99.0 Å². The molecule has 0 saturated carbocycles. The molecule has 0 fully saturated rings.